The van der Waals surface area contributed by atoms with Crippen molar-refractivity contribution < 1.29 is 14.3 Å². The van der Waals surface area contributed by atoms with Gasteiger partial charge in [0.05, 0.1) is 18.5 Å². The highest BCUT2D eigenvalue weighted by atomic mass is 16.5. The first kappa shape index (κ1) is 15.2. The van der Waals surface area contributed by atoms with Gasteiger partial charge in [0.25, 0.3) is 5.91 Å². The minimum absolute atomic E-state index is 0.114. The van der Waals surface area contributed by atoms with Gasteiger partial charge in [0.15, 0.2) is 0 Å². The lowest BCUT2D eigenvalue weighted by Crippen LogP contribution is -2.13. The summed E-state index contributed by atoms with van der Waals surface area (Å²) in [7, 11) is 1.61. The molecular formula is C14H20N2O3. The molecule has 1 heterocycles. The first-order valence-corrected chi connectivity index (χ1v) is 6.23. The summed E-state index contributed by atoms with van der Waals surface area (Å²) >= 11 is 0. The Bertz CT molecular complexity index is 427. The largest absolute Gasteiger partial charge is 0.475 e. The summed E-state index contributed by atoms with van der Waals surface area (Å²) in [5, 5.41) is 2.77. The number of carbonyl (C=O) groups is 1. The number of nitrogens with zero attached hydrogens (tertiary/aromatic N) is 1. The Balaban J connectivity index is 2.52. The van der Waals surface area contributed by atoms with E-state index in [0.717, 1.165) is 6.42 Å². The number of anilines is 1. The standard InChI is InChI=1S/C14H20N2O3/c1-4-5-11(2)14(17)16-12-6-7-13(15-10-12)19-9-8-18-3/h5-7,10H,4,8-9H2,1-3H3,(H,16,17)/b11-5-. The number of carbonyl (C=O) groups excluding carboxylic acids is 1. The highest BCUT2D eigenvalue weighted by molar-refractivity contribution is 6.03. The van der Waals surface area contributed by atoms with Crippen molar-refractivity contribution in [3.8, 4) is 5.88 Å². The quantitative estimate of drug-likeness (QED) is 0.607. The molecule has 1 amide bonds. The lowest BCUT2D eigenvalue weighted by atomic mass is 10.2. The van der Waals surface area contributed by atoms with Crippen LogP contribution in [0.5, 0.6) is 5.88 Å². The van der Waals surface area contributed by atoms with Crippen LogP contribution >= 0.6 is 0 Å². The Labute approximate surface area is 113 Å². The van der Waals surface area contributed by atoms with Crippen molar-refractivity contribution in [3.05, 3.63) is 30.0 Å². The van der Waals surface area contributed by atoms with E-state index in [0.29, 0.717) is 30.4 Å². The molecule has 0 bridgehead atoms. The molecule has 1 N–H and O–H groups in total. The third-order valence-electron chi connectivity index (χ3n) is 2.40. The third kappa shape index (κ3) is 5.52. The fraction of sp³-hybridized carbons (Fsp3) is 0.429. The summed E-state index contributed by atoms with van der Waals surface area (Å²) in [6.07, 6.45) is 4.29. The van der Waals surface area contributed by atoms with E-state index in [1.165, 1.54) is 0 Å². The van der Waals surface area contributed by atoms with Crippen molar-refractivity contribution in [1.29, 1.82) is 0 Å². The van der Waals surface area contributed by atoms with E-state index in [1.807, 2.05) is 13.0 Å². The van der Waals surface area contributed by atoms with Crippen LogP contribution in [0.1, 0.15) is 20.3 Å². The number of methoxy groups -OCH3 is 1. The minimum atomic E-state index is -0.114. The van der Waals surface area contributed by atoms with Gasteiger partial charge in [0, 0.05) is 18.7 Å². The first-order chi connectivity index (χ1) is 9.17. The zero-order chi connectivity index (χ0) is 14.1. The van der Waals surface area contributed by atoms with Gasteiger partial charge in [-0.1, -0.05) is 13.0 Å². The van der Waals surface area contributed by atoms with Crippen molar-refractivity contribution in [2.75, 3.05) is 25.6 Å². The monoisotopic (exact) mass is 264 g/mol. The summed E-state index contributed by atoms with van der Waals surface area (Å²) in [6.45, 7) is 4.74. The molecule has 0 radical (unpaired) electrons. The van der Waals surface area contributed by atoms with Crippen molar-refractivity contribution in [3.63, 3.8) is 0 Å². The van der Waals surface area contributed by atoms with Gasteiger partial charge in [-0.3, -0.25) is 4.79 Å². The van der Waals surface area contributed by atoms with Gasteiger partial charge >= 0.3 is 0 Å². The van der Waals surface area contributed by atoms with Crippen LogP contribution in [0, 0.1) is 0 Å². The van der Waals surface area contributed by atoms with Gasteiger partial charge in [-0.15, -0.1) is 0 Å². The molecule has 0 spiro atoms. The predicted molar refractivity (Wildman–Crippen MR) is 74.3 cm³/mol. The molecule has 1 rings (SSSR count). The van der Waals surface area contributed by atoms with Crippen LogP contribution in [-0.2, 0) is 9.53 Å². The molecule has 0 unspecified atom stereocenters. The van der Waals surface area contributed by atoms with Crippen LogP contribution in [0.15, 0.2) is 30.0 Å². The molecule has 104 valence electrons. The number of hydrogen-bond donors (Lipinski definition) is 1. The molecule has 0 atom stereocenters. The van der Waals surface area contributed by atoms with E-state index in [1.54, 1.807) is 32.4 Å². The van der Waals surface area contributed by atoms with Crippen molar-refractivity contribution in [1.82, 2.24) is 4.98 Å². The van der Waals surface area contributed by atoms with E-state index in [4.69, 9.17) is 9.47 Å². The van der Waals surface area contributed by atoms with E-state index in [2.05, 4.69) is 10.3 Å². The van der Waals surface area contributed by atoms with Crippen LogP contribution in [0.2, 0.25) is 0 Å². The molecule has 0 fully saturated rings. The SMILES string of the molecule is CC/C=C(/C)C(=O)Nc1ccc(OCCOC)nc1. The van der Waals surface area contributed by atoms with Gasteiger partial charge < -0.3 is 14.8 Å². The molecule has 0 aliphatic carbocycles. The van der Waals surface area contributed by atoms with E-state index in [9.17, 15) is 4.79 Å². The first-order valence-electron chi connectivity index (χ1n) is 6.23. The molecule has 1 aromatic rings. The van der Waals surface area contributed by atoms with Gasteiger partial charge in [0.2, 0.25) is 5.88 Å². The van der Waals surface area contributed by atoms with Crippen LogP contribution < -0.4 is 10.1 Å². The summed E-state index contributed by atoms with van der Waals surface area (Å²) < 4.78 is 10.2. The maximum atomic E-state index is 11.7. The smallest absolute Gasteiger partial charge is 0.251 e. The normalized spacial score (nSPS) is 11.2. The van der Waals surface area contributed by atoms with E-state index in [-0.39, 0.29) is 5.91 Å². The number of hydrogen-bond acceptors (Lipinski definition) is 4. The Hall–Kier alpha value is -1.88. The maximum absolute atomic E-state index is 11.7. The Morgan fingerprint density at radius 2 is 2.21 bits per heavy atom. The molecule has 5 nitrogen and oxygen atoms in total. The van der Waals surface area contributed by atoms with Crippen LogP contribution in [0.25, 0.3) is 0 Å². The van der Waals surface area contributed by atoms with Crippen molar-refractivity contribution >= 4 is 11.6 Å². The van der Waals surface area contributed by atoms with Crippen molar-refractivity contribution in [2.24, 2.45) is 0 Å². The summed E-state index contributed by atoms with van der Waals surface area (Å²) in [5.74, 6) is 0.396. The van der Waals surface area contributed by atoms with Gasteiger partial charge in [-0.25, -0.2) is 4.98 Å². The minimum Gasteiger partial charge on any atom is -0.475 e. The molecule has 1 aromatic heterocycles. The van der Waals surface area contributed by atoms with Crippen LogP contribution in [0.3, 0.4) is 0 Å². The summed E-state index contributed by atoms with van der Waals surface area (Å²) in [4.78, 5) is 15.8. The number of allylic oxidation sites excluding steroid dienone is 1. The van der Waals surface area contributed by atoms with Gasteiger partial charge in [-0.05, 0) is 19.4 Å². The highest BCUT2D eigenvalue weighted by Gasteiger charge is 2.04. The van der Waals surface area contributed by atoms with Crippen molar-refractivity contribution in [2.45, 2.75) is 20.3 Å². The summed E-state index contributed by atoms with van der Waals surface area (Å²) in [5.41, 5.74) is 1.34. The van der Waals surface area contributed by atoms with Gasteiger partial charge in [-0.2, -0.15) is 0 Å². The number of nitrogens with one attached hydrogen (secondary N) is 1. The summed E-state index contributed by atoms with van der Waals surface area (Å²) in [6, 6.07) is 3.47. The molecular weight excluding hydrogens is 244 g/mol. The average molecular weight is 264 g/mol. The zero-order valence-corrected chi connectivity index (χ0v) is 11.6. The average Bonchev–Trinajstić information content (AvgIpc) is 2.41. The zero-order valence-electron chi connectivity index (χ0n) is 11.6. The number of pyridine rings is 1. The molecule has 0 saturated carbocycles. The third-order valence-corrected chi connectivity index (χ3v) is 2.40. The Morgan fingerprint density at radius 3 is 2.79 bits per heavy atom. The second kappa shape index (κ2) is 8.26. The van der Waals surface area contributed by atoms with Crippen LogP contribution in [-0.4, -0.2) is 31.2 Å². The molecule has 5 heteroatoms. The molecule has 19 heavy (non-hydrogen) atoms. The fourth-order valence-electron chi connectivity index (χ4n) is 1.40. The predicted octanol–water partition coefficient (Wildman–Crippen LogP) is 2.40. The molecule has 0 saturated heterocycles. The molecule has 0 aromatic carbocycles. The Kier molecular flexibility index (Phi) is 6.60. The topological polar surface area (TPSA) is 60.5 Å². The second-order valence-corrected chi connectivity index (χ2v) is 3.98. The molecule has 0 aliphatic heterocycles. The fourth-order valence-corrected chi connectivity index (χ4v) is 1.40. The van der Waals surface area contributed by atoms with Crippen LogP contribution in [0.4, 0.5) is 5.69 Å². The Morgan fingerprint density at radius 1 is 1.42 bits per heavy atom. The second-order valence-electron chi connectivity index (χ2n) is 3.98. The van der Waals surface area contributed by atoms with Gasteiger partial charge in [0.1, 0.15) is 6.61 Å². The number of aromatic nitrogens is 1. The van der Waals surface area contributed by atoms with E-state index >= 15 is 0 Å². The highest BCUT2D eigenvalue weighted by Crippen LogP contribution is 2.12. The molecule has 0 aliphatic rings. The van der Waals surface area contributed by atoms with E-state index < -0.39 is 0 Å². The lowest BCUT2D eigenvalue weighted by molar-refractivity contribution is -0.112. The number of amides is 1. The maximum Gasteiger partial charge on any atom is 0.251 e. The lowest BCUT2D eigenvalue weighted by Gasteiger charge is -2.07. The number of ether oxygens (including phenoxy) is 2. The number of rotatable bonds is 7.